The minimum Gasteiger partial charge on any atom is -0.390 e. The minimum atomic E-state index is -0.866. The largest absolute Gasteiger partial charge is 0.390 e. The Morgan fingerprint density at radius 3 is 2.74 bits per heavy atom. The summed E-state index contributed by atoms with van der Waals surface area (Å²) in [6, 6.07) is 6.18. The van der Waals surface area contributed by atoms with Gasteiger partial charge in [0.25, 0.3) is 0 Å². The van der Waals surface area contributed by atoms with Gasteiger partial charge in [-0.1, -0.05) is 18.2 Å². The summed E-state index contributed by atoms with van der Waals surface area (Å²) in [5.41, 5.74) is 1.46. The molecule has 27 heavy (non-hydrogen) atoms. The second kappa shape index (κ2) is 6.12. The molecule has 1 aromatic carbocycles. The number of hydrogen-bond acceptors (Lipinski definition) is 6. The third-order valence-electron chi connectivity index (χ3n) is 5.59. The van der Waals surface area contributed by atoms with Gasteiger partial charge in [-0.15, -0.1) is 0 Å². The fraction of sp³-hybridized carbons (Fsp3) is 0.389. The summed E-state index contributed by atoms with van der Waals surface area (Å²) in [4.78, 5) is 12.8. The molecule has 5 rings (SSSR count). The van der Waals surface area contributed by atoms with Gasteiger partial charge in [0.2, 0.25) is 5.28 Å². The molecule has 9 heteroatoms. The van der Waals surface area contributed by atoms with Crippen LogP contribution in [0.25, 0.3) is 11.2 Å². The molecule has 0 bridgehead atoms. The number of fused-ring (bicyclic) bond motifs is 2. The van der Waals surface area contributed by atoms with Crippen LogP contribution in [0, 0.1) is 17.7 Å². The van der Waals surface area contributed by atoms with Crippen LogP contribution in [0.15, 0.2) is 30.6 Å². The lowest BCUT2D eigenvalue weighted by Crippen LogP contribution is -2.31. The van der Waals surface area contributed by atoms with Crippen molar-refractivity contribution < 1.29 is 14.6 Å². The average molecular weight is 390 g/mol. The molecule has 0 saturated heterocycles. The van der Waals surface area contributed by atoms with Crippen molar-refractivity contribution >= 4 is 28.6 Å². The molecular formula is C18H17ClFN5O2. The van der Waals surface area contributed by atoms with Crippen molar-refractivity contribution in [3.63, 3.8) is 0 Å². The summed E-state index contributed by atoms with van der Waals surface area (Å²) < 4.78 is 15.6. The van der Waals surface area contributed by atoms with Crippen molar-refractivity contribution in [2.24, 2.45) is 11.8 Å². The molecule has 3 N–H and O–H groups in total. The van der Waals surface area contributed by atoms with Crippen LogP contribution in [-0.2, 0) is 6.54 Å². The first kappa shape index (κ1) is 16.9. The fourth-order valence-corrected chi connectivity index (χ4v) is 4.32. The van der Waals surface area contributed by atoms with E-state index in [1.165, 1.54) is 6.07 Å². The Labute approximate surface area is 158 Å². The number of rotatable bonds is 4. The van der Waals surface area contributed by atoms with E-state index >= 15 is 0 Å². The predicted octanol–water partition coefficient (Wildman–Crippen LogP) is 2.14. The zero-order chi connectivity index (χ0) is 18.7. The third kappa shape index (κ3) is 2.67. The maximum absolute atomic E-state index is 13.9. The number of imidazole rings is 1. The zero-order valence-corrected chi connectivity index (χ0v) is 14.9. The molecule has 2 heterocycles. The number of aliphatic hydroxyl groups excluding tert-OH is 2. The molecule has 0 spiro atoms. The Bertz CT molecular complexity index is 1030. The van der Waals surface area contributed by atoms with Crippen LogP contribution < -0.4 is 5.32 Å². The van der Waals surface area contributed by atoms with Crippen LogP contribution in [0.1, 0.15) is 18.0 Å². The van der Waals surface area contributed by atoms with E-state index in [9.17, 15) is 14.6 Å². The number of aromatic nitrogens is 4. The molecular weight excluding hydrogens is 373 g/mol. The molecule has 140 valence electrons. The van der Waals surface area contributed by atoms with Crippen LogP contribution in [0.4, 0.5) is 10.2 Å². The van der Waals surface area contributed by atoms with E-state index in [4.69, 9.17) is 11.6 Å². The van der Waals surface area contributed by atoms with Gasteiger partial charge in [0.05, 0.1) is 18.5 Å². The highest BCUT2D eigenvalue weighted by atomic mass is 35.5. The number of anilines is 1. The van der Waals surface area contributed by atoms with Crippen molar-refractivity contribution in [2.75, 3.05) is 5.32 Å². The molecule has 2 saturated carbocycles. The van der Waals surface area contributed by atoms with Crippen LogP contribution in [0.5, 0.6) is 0 Å². The average Bonchev–Trinajstić information content (AvgIpc) is 3.26. The SMILES string of the molecule is O[C@@H]1[C@H](O)[C@@H]2C[C@@H]2[C@H]1n1cnc2c(NCc3ccccc3F)nc(Cl)nc21. The summed E-state index contributed by atoms with van der Waals surface area (Å²) in [5, 5.41) is 23.6. The lowest BCUT2D eigenvalue weighted by molar-refractivity contribution is 0.00386. The summed E-state index contributed by atoms with van der Waals surface area (Å²) in [6.07, 6.45) is 0.869. The predicted molar refractivity (Wildman–Crippen MR) is 96.7 cm³/mol. The minimum absolute atomic E-state index is 0.0284. The highest BCUT2D eigenvalue weighted by Crippen LogP contribution is 2.57. The van der Waals surface area contributed by atoms with E-state index in [0.29, 0.717) is 22.5 Å². The molecule has 3 aromatic rings. The second-order valence-corrected chi connectivity index (χ2v) is 7.48. The normalized spacial score (nSPS) is 29.1. The maximum atomic E-state index is 13.9. The first-order valence-corrected chi connectivity index (χ1v) is 9.16. The molecule has 7 nitrogen and oxygen atoms in total. The number of halogens is 2. The van der Waals surface area contributed by atoms with E-state index in [1.54, 1.807) is 29.1 Å². The molecule has 0 radical (unpaired) electrons. The van der Waals surface area contributed by atoms with Gasteiger partial charge in [0.1, 0.15) is 11.9 Å². The Hall–Kier alpha value is -2.29. The molecule has 0 aliphatic heterocycles. The van der Waals surface area contributed by atoms with Crippen LogP contribution in [0.2, 0.25) is 5.28 Å². The van der Waals surface area contributed by atoms with E-state index in [2.05, 4.69) is 20.3 Å². The van der Waals surface area contributed by atoms with Crippen LogP contribution >= 0.6 is 11.6 Å². The van der Waals surface area contributed by atoms with Gasteiger partial charge in [-0.2, -0.15) is 9.97 Å². The third-order valence-corrected chi connectivity index (χ3v) is 5.76. The molecule has 0 unspecified atom stereocenters. The van der Waals surface area contributed by atoms with Gasteiger partial charge in [-0.25, -0.2) is 9.37 Å². The standard InChI is InChI=1S/C18H17ClFN5O2/c19-18-23-16(21-6-8-3-1-2-4-11(8)20)12-17(24-18)25(7-22-12)13-9-5-10(9)14(26)15(13)27/h1-4,7,9-10,13-15,26-27H,5-6H2,(H,21,23,24)/t9-,10+,13+,14+,15-/m0/s1. The van der Waals surface area contributed by atoms with Gasteiger partial charge < -0.3 is 20.1 Å². The monoisotopic (exact) mass is 389 g/mol. The highest BCUT2D eigenvalue weighted by molar-refractivity contribution is 6.28. The van der Waals surface area contributed by atoms with Crippen molar-refractivity contribution in [1.29, 1.82) is 0 Å². The smallest absolute Gasteiger partial charge is 0.226 e. The van der Waals surface area contributed by atoms with Crippen molar-refractivity contribution in [3.05, 3.63) is 47.3 Å². The number of nitrogens with zero attached hydrogens (tertiary/aromatic N) is 4. The quantitative estimate of drug-likeness (QED) is 0.592. The van der Waals surface area contributed by atoms with E-state index < -0.39 is 12.2 Å². The molecule has 2 aromatic heterocycles. The number of hydrogen-bond donors (Lipinski definition) is 3. The first-order chi connectivity index (χ1) is 13.0. The van der Waals surface area contributed by atoms with Gasteiger partial charge in [0.15, 0.2) is 17.0 Å². The van der Waals surface area contributed by atoms with Crippen LogP contribution in [0.3, 0.4) is 0 Å². The number of benzene rings is 1. The summed E-state index contributed by atoms with van der Waals surface area (Å²) >= 11 is 6.09. The number of nitrogens with one attached hydrogen (secondary N) is 1. The Morgan fingerprint density at radius 2 is 2.00 bits per heavy atom. The summed E-state index contributed by atoms with van der Waals surface area (Å²) in [5.74, 6) is 0.413. The Balaban J connectivity index is 1.50. The maximum Gasteiger partial charge on any atom is 0.226 e. The van der Waals surface area contributed by atoms with Crippen molar-refractivity contribution in [3.8, 4) is 0 Å². The topological polar surface area (TPSA) is 96.1 Å². The molecule has 2 aliphatic carbocycles. The summed E-state index contributed by atoms with van der Waals surface area (Å²) in [7, 11) is 0. The molecule has 2 fully saturated rings. The van der Waals surface area contributed by atoms with Gasteiger partial charge >= 0.3 is 0 Å². The van der Waals surface area contributed by atoms with E-state index in [-0.39, 0.29) is 35.5 Å². The van der Waals surface area contributed by atoms with Gasteiger partial charge in [-0.05, 0) is 35.9 Å². The van der Waals surface area contributed by atoms with E-state index in [1.807, 2.05) is 0 Å². The van der Waals surface area contributed by atoms with Crippen LogP contribution in [-0.4, -0.2) is 41.9 Å². The molecule has 0 amide bonds. The molecule has 5 atom stereocenters. The summed E-state index contributed by atoms with van der Waals surface area (Å²) in [6.45, 7) is 0.220. The van der Waals surface area contributed by atoms with E-state index in [0.717, 1.165) is 6.42 Å². The second-order valence-electron chi connectivity index (χ2n) is 7.15. The van der Waals surface area contributed by atoms with Crippen molar-refractivity contribution in [1.82, 2.24) is 19.5 Å². The van der Waals surface area contributed by atoms with Gasteiger partial charge in [-0.3, -0.25) is 0 Å². The lowest BCUT2D eigenvalue weighted by Gasteiger charge is -2.22. The Kier molecular flexibility index (Phi) is 3.82. The van der Waals surface area contributed by atoms with Gasteiger partial charge in [0, 0.05) is 12.1 Å². The Morgan fingerprint density at radius 1 is 1.19 bits per heavy atom. The lowest BCUT2D eigenvalue weighted by atomic mass is 10.1. The molecule has 2 aliphatic rings. The zero-order valence-electron chi connectivity index (χ0n) is 14.1. The fourth-order valence-electron chi connectivity index (χ4n) is 4.15. The van der Waals surface area contributed by atoms with Crippen molar-refractivity contribution in [2.45, 2.75) is 31.2 Å². The first-order valence-electron chi connectivity index (χ1n) is 8.78. The number of aliphatic hydroxyl groups is 2. The highest BCUT2D eigenvalue weighted by Gasteiger charge is 2.60.